The topological polar surface area (TPSA) is 163 Å². The Balaban J connectivity index is 1.89. The van der Waals surface area contributed by atoms with Crippen molar-refractivity contribution < 1.29 is 32.5 Å². The first-order valence-electron chi connectivity index (χ1n) is 13.2. The number of benzene rings is 2. The molecule has 0 radical (unpaired) electrons. The fourth-order valence-corrected chi connectivity index (χ4v) is 4.65. The number of sulfonamides is 1. The third-order valence-corrected chi connectivity index (χ3v) is 7.65. The highest BCUT2D eigenvalue weighted by Gasteiger charge is 2.31. The molecule has 2 N–H and O–H groups in total. The van der Waals surface area contributed by atoms with Crippen LogP contribution in [0.2, 0.25) is 0 Å². The van der Waals surface area contributed by atoms with Gasteiger partial charge >= 0.3 is 5.97 Å². The minimum Gasteiger partial charge on any atom is -0.493 e. The van der Waals surface area contributed by atoms with Gasteiger partial charge in [0.2, 0.25) is 11.6 Å². The van der Waals surface area contributed by atoms with E-state index in [1.54, 1.807) is 42.5 Å². The molecule has 2 heterocycles. The lowest BCUT2D eigenvalue weighted by molar-refractivity contribution is -0.148. The maximum absolute atomic E-state index is 13.7. The normalized spacial score (nSPS) is 12.0. The van der Waals surface area contributed by atoms with Crippen LogP contribution >= 0.6 is 0 Å². The van der Waals surface area contributed by atoms with Gasteiger partial charge in [0.05, 0.1) is 17.4 Å². The van der Waals surface area contributed by atoms with Gasteiger partial charge in [-0.2, -0.15) is 4.98 Å². The second-order valence-corrected chi connectivity index (χ2v) is 12.9. The van der Waals surface area contributed by atoms with Gasteiger partial charge in [-0.1, -0.05) is 45.0 Å². The number of hydrogen-bond donors (Lipinski definition) is 2. The molecule has 13 heteroatoms. The van der Waals surface area contributed by atoms with Gasteiger partial charge in [0.15, 0.2) is 23.1 Å². The summed E-state index contributed by atoms with van der Waals surface area (Å²) in [4.78, 5) is 29.0. The number of methoxy groups -OCH3 is 1. The number of ether oxygens (including phenoxy) is 3. The van der Waals surface area contributed by atoms with Crippen LogP contribution in [0.1, 0.15) is 40.2 Å². The van der Waals surface area contributed by atoms with E-state index in [-0.39, 0.29) is 51.8 Å². The van der Waals surface area contributed by atoms with E-state index in [0.717, 1.165) is 5.56 Å². The fourth-order valence-electron chi connectivity index (χ4n) is 3.65. The van der Waals surface area contributed by atoms with E-state index in [2.05, 4.69) is 24.7 Å². The lowest BCUT2D eigenvalue weighted by Crippen LogP contribution is -2.31. The Bertz CT molecular complexity index is 1710. The van der Waals surface area contributed by atoms with Gasteiger partial charge in [-0.15, -0.1) is 0 Å². The molecule has 0 saturated carbocycles. The molecule has 0 saturated heterocycles. The number of nitrogens with one attached hydrogen (secondary N) is 1. The van der Waals surface area contributed by atoms with Crippen LogP contribution in [0.4, 0.5) is 5.82 Å². The summed E-state index contributed by atoms with van der Waals surface area (Å²) in [6.45, 7) is 8.69. The Morgan fingerprint density at radius 2 is 1.51 bits per heavy atom. The summed E-state index contributed by atoms with van der Waals surface area (Å²) < 4.78 is 47.2. The number of carbonyl (C=O) groups is 1. The van der Waals surface area contributed by atoms with Gasteiger partial charge in [-0.25, -0.2) is 23.4 Å². The van der Waals surface area contributed by atoms with Gasteiger partial charge in [-0.05, 0) is 55.2 Å². The first-order chi connectivity index (χ1) is 20.2. The predicted molar refractivity (Wildman–Crippen MR) is 159 cm³/mol. The number of nitrogens with zero attached hydrogens (tertiary/aromatic N) is 4. The molecule has 4 rings (SSSR count). The molecule has 43 heavy (non-hydrogen) atoms. The summed E-state index contributed by atoms with van der Waals surface area (Å²) in [6, 6.07) is 14.8. The average molecular weight is 608 g/mol. The highest BCUT2D eigenvalue weighted by atomic mass is 32.2. The van der Waals surface area contributed by atoms with Crippen molar-refractivity contribution in [3.05, 3.63) is 72.6 Å². The molecule has 0 aliphatic heterocycles. The molecule has 0 aliphatic carbocycles. The van der Waals surface area contributed by atoms with E-state index in [0.29, 0.717) is 5.75 Å². The number of carboxylic acid groups (broad SMARTS) is 1. The highest BCUT2D eigenvalue weighted by molar-refractivity contribution is 7.92. The standard InChI is InChI=1S/C30H33N5O7S/c1-29(2,3)19-12-14-20(15-13-19)43(38,39)35-24-23(42-22-11-8-7-10-21(22)40-6)27(41-18-30(4,5)28(36)37)34-26(33-24)25-31-16-9-17-32-25/h7-17H,18H2,1-6H3,(H,36,37)(H,33,34,35). The molecular formula is C30H33N5O7S. The van der Waals surface area contributed by atoms with Crippen LogP contribution in [-0.2, 0) is 20.2 Å². The number of para-hydroxylation sites is 2. The number of carboxylic acids is 1. The first-order valence-corrected chi connectivity index (χ1v) is 14.7. The van der Waals surface area contributed by atoms with Crippen LogP contribution in [0.5, 0.6) is 23.1 Å². The summed E-state index contributed by atoms with van der Waals surface area (Å²) >= 11 is 0. The molecule has 4 aromatic rings. The number of aliphatic carboxylic acids is 1. The molecule has 2 aromatic carbocycles. The third kappa shape index (κ3) is 7.36. The molecule has 0 unspecified atom stereocenters. The largest absolute Gasteiger partial charge is 0.493 e. The molecule has 12 nitrogen and oxygen atoms in total. The van der Waals surface area contributed by atoms with Crippen molar-refractivity contribution >= 4 is 21.8 Å². The zero-order chi connectivity index (χ0) is 31.4. The molecule has 0 bridgehead atoms. The monoisotopic (exact) mass is 607 g/mol. The van der Waals surface area contributed by atoms with E-state index < -0.39 is 21.4 Å². The van der Waals surface area contributed by atoms with Crippen molar-refractivity contribution in [3.63, 3.8) is 0 Å². The number of anilines is 1. The lowest BCUT2D eigenvalue weighted by Gasteiger charge is -2.22. The smallest absolute Gasteiger partial charge is 0.312 e. The second-order valence-electron chi connectivity index (χ2n) is 11.2. The zero-order valence-electron chi connectivity index (χ0n) is 24.7. The summed E-state index contributed by atoms with van der Waals surface area (Å²) in [6.07, 6.45) is 2.94. The lowest BCUT2D eigenvalue weighted by atomic mass is 9.87. The predicted octanol–water partition coefficient (Wildman–Crippen LogP) is 5.32. The maximum Gasteiger partial charge on any atom is 0.312 e. The Hall–Kier alpha value is -4.78. The van der Waals surface area contributed by atoms with E-state index >= 15 is 0 Å². The van der Waals surface area contributed by atoms with Crippen LogP contribution in [0.25, 0.3) is 11.6 Å². The molecule has 0 amide bonds. The third-order valence-electron chi connectivity index (χ3n) is 6.29. The van der Waals surface area contributed by atoms with Gasteiger partial charge in [0.1, 0.15) is 6.61 Å². The van der Waals surface area contributed by atoms with Gasteiger partial charge in [0, 0.05) is 12.4 Å². The zero-order valence-corrected chi connectivity index (χ0v) is 25.5. The van der Waals surface area contributed by atoms with Crippen LogP contribution in [0.3, 0.4) is 0 Å². The van der Waals surface area contributed by atoms with Crippen molar-refractivity contribution in [1.82, 2.24) is 19.9 Å². The second kappa shape index (κ2) is 12.2. The Kier molecular flexibility index (Phi) is 8.85. The van der Waals surface area contributed by atoms with Crippen molar-refractivity contribution in [3.8, 4) is 34.8 Å². The quantitative estimate of drug-likeness (QED) is 0.227. The van der Waals surface area contributed by atoms with E-state index in [4.69, 9.17) is 14.2 Å². The van der Waals surface area contributed by atoms with E-state index in [9.17, 15) is 18.3 Å². The van der Waals surface area contributed by atoms with Gasteiger partial charge in [-0.3, -0.25) is 9.52 Å². The minimum atomic E-state index is -4.22. The average Bonchev–Trinajstić information content (AvgIpc) is 2.97. The summed E-state index contributed by atoms with van der Waals surface area (Å²) in [5.41, 5.74) is -0.558. The highest BCUT2D eigenvalue weighted by Crippen LogP contribution is 2.42. The van der Waals surface area contributed by atoms with Crippen LogP contribution in [0.15, 0.2) is 71.9 Å². The number of rotatable bonds is 11. The minimum absolute atomic E-state index is 0.0191. The first kappa shape index (κ1) is 31.2. The van der Waals surface area contributed by atoms with Crippen molar-refractivity contribution in [1.29, 1.82) is 0 Å². The fraction of sp³-hybridized carbons (Fsp3) is 0.300. The van der Waals surface area contributed by atoms with E-state index in [1.165, 1.54) is 45.5 Å². The molecule has 0 fully saturated rings. The van der Waals surface area contributed by atoms with Crippen LogP contribution in [0, 0.1) is 5.41 Å². The van der Waals surface area contributed by atoms with Crippen LogP contribution < -0.4 is 18.9 Å². The molecular weight excluding hydrogens is 574 g/mol. The van der Waals surface area contributed by atoms with E-state index in [1.807, 2.05) is 20.8 Å². The van der Waals surface area contributed by atoms with Crippen molar-refractivity contribution in [2.24, 2.45) is 5.41 Å². The van der Waals surface area contributed by atoms with Gasteiger partial charge in [0.25, 0.3) is 15.9 Å². The maximum atomic E-state index is 13.7. The number of aromatic nitrogens is 4. The SMILES string of the molecule is COc1ccccc1Oc1c(NS(=O)(=O)c2ccc(C(C)(C)C)cc2)nc(-c2ncccn2)nc1OCC(C)(C)C(=O)O. The number of hydrogen-bond acceptors (Lipinski definition) is 10. The molecule has 226 valence electrons. The summed E-state index contributed by atoms with van der Waals surface area (Å²) in [7, 11) is -2.77. The van der Waals surface area contributed by atoms with Crippen LogP contribution in [-0.4, -0.2) is 53.1 Å². The molecule has 0 atom stereocenters. The van der Waals surface area contributed by atoms with Crippen molar-refractivity contribution in [2.45, 2.75) is 44.9 Å². The summed E-state index contributed by atoms with van der Waals surface area (Å²) in [5, 5.41) is 9.66. The Labute approximate surface area is 250 Å². The van der Waals surface area contributed by atoms with Crippen molar-refractivity contribution in [2.75, 3.05) is 18.4 Å². The Morgan fingerprint density at radius 3 is 2.09 bits per heavy atom. The summed E-state index contributed by atoms with van der Waals surface area (Å²) in [5.74, 6) is -1.33. The molecule has 2 aromatic heterocycles. The van der Waals surface area contributed by atoms with Gasteiger partial charge < -0.3 is 19.3 Å². The molecule has 0 spiro atoms. The Morgan fingerprint density at radius 1 is 0.884 bits per heavy atom. The molecule has 0 aliphatic rings.